The molecule has 2 aliphatic heterocycles. The van der Waals surface area contributed by atoms with Gasteiger partial charge in [0.2, 0.25) is 5.91 Å². The van der Waals surface area contributed by atoms with Gasteiger partial charge >= 0.3 is 0 Å². The van der Waals surface area contributed by atoms with Crippen LogP contribution >= 0.6 is 0 Å². The molecule has 0 aliphatic carbocycles. The van der Waals surface area contributed by atoms with E-state index in [4.69, 9.17) is 0 Å². The minimum Gasteiger partial charge on any atom is -0.330 e. The van der Waals surface area contributed by atoms with E-state index in [1.54, 1.807) is 0 Å². The van der Waals surface area contributed by atoms with Crippen molar-refractivity contribution in [2.24, 2.45) is 0 Å². The Hall–Kier alpha value is -0.710. The Balaban J connectivity index is 1.64. The van der Waals surface area contributed by atoms with Gasteiger partial charge in [0.1, 0.15) is 0 Å². The lowest BCUT2D eigenvalue weighted by Crippen LogP contribution is -2.58. The van der Waals surface area contributed by atoms with Crippen molar-refractivity contribution in [3.8, 4) is 0 Å². The van der Waals surface area contributed by atoms with Gasteiger partial charge in [-0.15, -0.1) is 0 Å². The zero-order chi connectivity index (χ0) is 11.6. The quantitative estimate of drug-likeness (QED) is 0.733. The minimum atomic E-state index is -2.64. The normalized spacial score (nSPS) is 25.2. The van der Waals surface area contributed by atoms with Gasteiger partial charge in [-0.2, -0.15) is 0 Å². The molecule has 0 aromatic rings. The number of carbonyl (C=O) groups excluding carboxylic acids is 1. The molecule has 0 spiro atoms. The predicted octanol–water partition coefficient (Wildman–Crippen LogP) is 1.34. The van der Waals surface area contributed by atoms with Crippen molar-refractivity contribution in [3.05, 3.63) is 0 Å². The molecule has 92 valence electrons. The highest BCUT2D eigenvalue weighted by Gasteiger charge is 2.45. The van der Waals surface area contributed by atoms with E-state index < -0.39 is 5.92 Å². The van der Waals surface area contributed by atoms with E-state index in [2.05, 4.69) is 4.90 Å². The van der Waals surface area contributed by atoms with Gasteiger partial charge in [-0.25, -0.2) is 8.78 Å². The van der Waals surface area contributed by atoms with Crippen molar-refractivity contribution in [2.75, 3.05) is 32.7 Å². The lowest BCUT2D eigenvalue weighted by molar-refractivity contribution is -0.166. The fourth-order valence-electron chi connectivity index (χ4n) is 2.28. The number of hydrogen-bond donors (Lipinski definition) is 0. The first kappa shape index (κ1) is 11.8. The van der Waals surface area contributed by atoms with Crippen molar-refractivity contribution in [1.82, 2.24) is 9.80 Å². The van der Waals surface area contributed by atoms with Crippen LogP contribution in [0.25, 0.3) is 0 Å². The van der Waals surface area contributed by atoms with Crippen LogP contribution in [-0.2, 0) is 4.79 Å². The molecule has 2 saturated heterocycles. The number of nitrogens with zero attached hydrogens (tertiary/aromatic N) is 2. The molecule has 0 aromatic heterocycles. The third-order valence-electron chi connectivity index (χ3n) is 3.29. The molecule has 16 heavy (non-hydrogen) atoms. The first-order valence-electron chi connectivity index (χ1n) is 5.95. The van der Waals surface area contributed by atoms with Crippen LogP contribution in [0.5, 0.6) is 0 Å². The Kier molecular flexibility index (Phi) is 3.42. The van der Waals surface area contributed by atoms with Crippen LogP contribution in [0.1, 0.15) is 25.7 Å². The monoisotopic (exact) mass is 232 g/mol. The molecule has 5 heteroatoms. The zero-order valence-corrected chi connectivity index (χ0v) is 9.42. The van der Waals surface area contributed by atoms with Crippen LogP contribution < -0.4 is 0 Å². The van der Waals surface area contributed by atoms with Crippen LogP contribution in [0.4, 0.5) is 8.78 Å². The van der Waals surface area contributed by atoms with E-state index in [0.717, 1.165) is 19.6 Å². The van der Waals surface area contributed by atoms with Gasteiger partial charge in [-0.3, -0.25) is 4.79 Å². The molecule has 2 aliphatic rings. The maximum Gasteiger partial charge on any atom is 0.282 e. The highest BCUT2D eigenvalue weighted by atomic mass is 19.3. The third-order valence-corrected chi connectivity index (χ3v) is 3.29. The number of alkyl halides is 2. The van der Waals surface area contributed by atoms with Gasteiger partial charge in [-0.05, 0) is 25.9 Å². The summed E-state index contributed by atoms with van der Waals surface area (Å²) in [7, 11) is 0. The third kappa shape index (κ3) is 2.90. The standard InChI is InChI=1S/C11H18F2N2O/c12-11(13)8-15(9-11)10(16)4-7-14-5-2-1-3-6-14/h1-9H2. The van der Waals surface area contributed by atoms with Crippen molar-refractivity contribution in [2.45, 2.75) is 31.6 Å². The lowest BCUT2D eigenvalue weighted by Gasteiger charge is -2.39. The average molecular weight is 232 g/mol. The van der Waals surface area contributed by atoms with Gasteiger partial charge in [0.05, 0.1) is 13.1 Å². The molecule has 2 heterocycles. The number of amides is 1. The number of halogens is 2. The molecular weight excluding hydrogens is 214 g/mol. The van der Waals surface area contributed by atoms with Gasteiger partial charge in [0.25, 0.3) is 5.92 Å². The smallest absolute Gasteiger partial charge is 0.282 e. The number of hydrogen-bond acceptors (Lipinski definition) is 2. The predicted molar refractivity (Wildman–Crippen MR) is 56.4 cm³/mol. The molecule has 1 amide bonds. The Labute approximate surface area is 94.4 Å². The van der Waals surface area contributed by atoms with Crippen molar-refractivity contribution in [1.29, 1.82) is 0 Å². The number of piperidine rings is 1. The summed E-state index contributed by atoms with van der Waals surface area (Å²) in [5, 5.41) is 0. The highest BCUT2D eigenvalue weighted by molar-refractivity contribution is 5.77. The molecular formula is C11H18F2N2O. The van der Waals surface area contributed by atoms with E-state index in [1.165, 1.54) is 24.2 Å². The average Bonchev–Trinajstić information content (AvgIpc) is 2.24. The molecule has 0 unspecified atom stereocenters. The minimum absolute atomic E-state index is 0.128. The maximum absolute atomic E-state index is 12.5. The van der Waals surface area contributed by atoms with E-state index in [1.807, 2.05) is 0 Å². The maximum atomic E-state index is 12.5. The number of carbonyl (C=O) groups is 1. The van der Waals surface area contributed by atoms with Gasteiger partial charge in [0.15, 0.2) is 0 Å². The molecule has 3 nitrogen and oxygen atoms in total. The Morgan fingerprint density at radius 2 is 1.75 bits per heavy atom. The Morgan fingerprint density at radius 3 is 2.31 bits per heavy atom. The summed E-state index contributed by atoms with van der Waals surface area (Å²) >= 11 is 0. The van der Waals surface area contributed by atoms with Crippen LogP contribution in [0, 0.1) is 0 Å². The van der Waals surface area contributed by atoms with E-state index in [-0.39, 0.29) is 19.0 Å². The zero-order valence-electron chi connectivity index (χ0n) is 9.42. The van der Waals surface area contributed by atoms with Crippen LogP contribution in [-0.4, -0.2) is 54.4 Å². The summed E-state index contributed by atoms with van der Waals surface area (Å²) in [5.74, 6) is -2.77. The number of rotatable bonds is 3. The van der Waals surface area contributed by atoms with Gasteiger partial charge in [0, 0.05) is 13.0 Å². The van der Waals surface area contributed by atoms with Crippen molar-refractivity contribution >= 4 is 5.91 Å². The van der Waals surface area contributed by atoms with Crippen LogP contribution in [0.3, 0.4) is 0 Å². The summed E-state index contributed by atoms with van der Waals surface area (Å²) in [6.45, 7) is 2.05. The largest absolute Gasteiger partial charge is 0.330 e. The second-order valence-electron chi connectivity index (χ2n) is 4.76. The van der Waals surface area contributed by atoms with Crippen LogP contribution in [0.2, 0.25) is 0 Å². The van der Waals surface area contributed by atoms with Crippen molar-refractivity contribution in [3.63, 3.8) is 0 Å². The molecule has 0 radical (unpaired) electrons. The second-order valence-corrected chi connectivity index (χ2v) is 4.76. The summed E-state index contributed by atoms with van der Waals surface area (Å²) < 4.78 is 25.1. The van der Waals surface area contributed by atoms with Crippen molar-refractivity contribution < 1.29 is 13.6 Å². The second kappa shape index (κ2) is 4.65. The topological polar surface area (TPSA) is 23.6 Å². The van der Waals surface area contributed by atoms with E-state index >= 15 is 0 Å². The molecule has 0 bridgehead atoms. The first-order chi connectivity index (χ1) is 7.57. The van der Waals surface area contributed by atoms with E-state index in [9.17, 15) is 13.6 Å². The fraction of sp³-hybridized carbons (Fsp3) is 0.909. The van der Waals surface area contributed by atoms with E-state index in [0.29, 0.717) is 6.42 Å². The Morgan fingerprint density at radius 1 is 1.12 bits per heavy atom. The van der Waals surface area contributed by atoms with Crippen LogP contribution in [0.15, 0.2) is 0 Å². The summed E-state index contributed by atoms with van der Waals surface area (Å²) in [5.41, 5.74) is 0. The summed E-state index contributed by atoms with van der Waals surface area (Å²) in [4.78, 5) is 15.0. The molecule has 2 rings (SSSR count). The molecule has 0 N–H and O–H groups in total. The molecule has 0 saturated carbocycles. The highest BCUT2D eigenvalue weighted by Crippen LogP contribution is 2.27. The Bertz CT molecular complexity index is 257. The fourth-order valence-corrected chi connectivity index (χ4v) is 2.28. The van der Waals surface area contributed by atoms with Gasteiger partial charge < -0.3 is 9.80 Å². The molecule has 0 aromatic carbocycles. The first-order valence-corrected chi connectivity index (χ1v) is 5.95. The molecule has 0 atom stereocenters. The lowest BCUT2D eigenvalue weighted by atomic mass is 10.1. The summed E-state index contributed by atoms with van der Waals surface area (Å²) in [6.07, 6.45) is 4.03. The number of likely N-dealkylation sites (tertiary alicyclic amines) is 2. The van der Waals surface area contributed by atoms with Gasteiger partial charge in [-0.1, -0.05) is 6.42 Å². The SMILES string of the molecule is O=C(CCN1CCCCC1)N1CC(F)(F)C1. The molecule has 2 fully saturated rings. The summed E-state index contributed by atoms with van der Waals surface area (Å²) in [6, 6.07) is 0.